The minimum absolute atomic E-state index is 0.0162. The van der Waals surface area contributed by atoms with E-state index < -0.39 is 29.7 Å². The third-order valence-electron chi connectivity index (χ3n) is 3.67. The number of benzene rings is 1. The van der Waals surface area contributed by atoms with E-state index in [2.05, 4.69) is 0 Å². The van der Waals surface area contributed by atoms with Crippen molar-refractivity contribution in [1.29, 1.82) is 0 Å². The monoisotopic (exact) mass is 455 g/mol. The highest BCUT2D eigenvalue weighted by molar-refractivity contribution is 7.80. The molecule has 152 valence electrons. The number of thiocarbonyl (C=S) groups is 1. The number of hydrogen-bond acceptors (Lipinski definition) is 4. The Balaban J connectivity index is 2.54. The van der Waals surface area contributed by atoms with E-state index in [-0.39, 0.29) is 26.5 Å². The molecule has 0 bridgehead atoms. The van der Waals surface area contributed by atoms with Crippen LogP contribution in [0.2, 0.25) is 10.0 Å². The van der Waals surface area contributed by atoms with Crippen LogP contribution in [0.1, 0.15) is 11.3 Å². The van der Waals surface area contributed by atoms with Crippen LogP contribution in [0.3, 0.4) is 0 Å². The molecule has 0 atom stereocenters. The third kappa shape index (κ3) is 4.68. The zero-order chi connectivity index (χ0) is 21.4. The molecule has 1 aromatic carbocycles. The van der Waals surface area contributed by atoms with Gasteiger partial charge in [0.15, 0.2) is 5.75 Å². The second-order valence-corrected chi connectivity index (χ2v) is 7.10. The fourth-order valence-electron chi connectivity index (χ4n) is 2.25. The number of hydrogen-bond donors (Lipinski definition) is 0. The summed E-state index contributed by atoms with van der Waals surface area (Å²) in [5, 5.41) is 0.271. The van der Waals surface area contributed by atoms with Gasteiger partial charge in [-0.25, -0.2) is 4.79 Å². The average Bonchev–Trinajstić information content (AvgIpc) is 2.57. The highest BCUT2D eigenvalue weighted by atomic mass is 35.5. The highest BCUT2D eigenvalue weighted by Gasteiger charge is 2.35. The van der Waals surface area contributed by atoms with Crippen LogP contribution < -0.4 is 16.0 Å². The first-order chi connectivity index (χ1) is 12.8. The van der Waals surface area contributed by atoms with Crippen molar-refractivity contribution in [3.63, 3.8) is 0 Å². The molecule has 0 spiro atoms. The van der Waals surface area contributed by atoms with Crippen molar-refractivity contribution in [2.45, 2.75) is 12.7 Å². The van der Waals surface area contributed by atoms with Gasteiger partial charge in [0.05, 0.1) is 11.6 Å². The lowest BCUT2D eigenvalue weighted by Crippen LogP contribution is -2.41. The summed E-state index contributed by atoms with van der Waals surface area (Å²) in [4.78, 5) is 25.9. The number of ether oxygens (including phenoxy) is 1. The van der Waals surface area contributed by atoms with Crippen molar-refractivity contribution < 1.29 is 17.9 Å². The number of halogens is 5. The molecule has 0 saturated heterocycles. The molecule has 0 aliphatic heterocycles. The molecule has 1 heterocycles. The summed E-state index contributed by atoms with van der Waals surface area (Å²) < 4.78 is 45.2. The second kappa shape index (κ2) is 8.14. The molecule has 0 aliphatic carbocycles. The van der Waals surface area contributed by atoms with Crippen molar-refractivity contribution in [2.75, 3.05) is 14.1 Å². The van der Waals surface area contributed by atoms with Crippen molar-refractivity contribution in [3.8, 4) is 5.75 Å². The standard InChI is InChI=1S/C16H14Cl2F3N3O3S/c1-22(2)15(28)27-10-5-9(17)4-8(13(10)18)7-24-12(25)6-11(16(19,20)21)23(3)14(24)26/h4-6H,7H2,1-3H3. The molecule has 0 radical (unpaired) electrons. The minimum Gasteiger partial charge on any atom is -0.430 e. The van der Waals surface area contributed by atoms with Gasteiger partial charge in [-0.2, -0.15) is 13.2 Å². The summed E-state index contributed by atoms with van der Waals surface area (Å²) in [6.07, 6.45) is -4.84. The first kappa shape index (κ1) is 22.3. The Labute approximate surface area is 172 Å². The van der Waals surface area contributed by atoms with Gasteiger partial charge in [-0.3, -0.25) is 13.9 Å². The highest BCUT2D eigenvalue weighted by Crippen LogP contribution is 2.33. The van der Waals surface area contributed by atoms with E-state index in [1.54, 1.807) is 14.1 Å². The Morgan fingerprint density at radius 2 is 1.82 bits per heavy atom. The van der Waals surface area contributed by atoms with Crippen LogP contribution in [-0.4, -0.2) is 33.3 Å². The Hall–Kier alpha value is -2.04. The van der Waals surface area contributed by atoms with Crippen molar-refractivity contribution in [2.24, 2.45) is 7.05 Å². The molecule has 2 rings (SSSR count). The molecule has 0 fully saturated rings. The van der Waals surface area contributed by atoms with Gasteiger partial charge < -0.3 is 9.64 Å². The number of rotatable bonds is 3. The van der Waals surface area contributed by atoms with Crippen LogP contribution in [-0.2, 0) is 19.8 Å². The van der Waals surface area contributed by atoms with E-state index in [4.69, 9.17) is 40.2 Å². The smallest absolute Gasteiger partial charge is 0.430 e. The van der Waals surface area contributed by atoms with Gasteiger partial charge in [0.1, 0.15) is 5.69 Å². The molecule has 0 aliphatic rings. The first-order valence-electron chi connectivity index (χ1n) is 7.58. The number of alkyl halides is 3. The lowest BCUT2D eigenvalue weighted by molar-refractivity contribution is -0.144. The van der Waals surface area contributed by atoms with Crippen LogP contribution in [0.4, 0.5) is 13.2 Å². The molecule has 2 aromatic rings. The molecule has 0 saturated carbocycles. The maximum Gasteiger partial charge on any atom is 0.431 e. The zero-order valence-electron chi connectivity index (χ0n) is 14.8. The lowest BCUT2D eigenvalue weighted by Gasteiger charge is -2.17. The van der Waals surface area contributed by atoms with Crippen LogP contribution in [0.5, 0.6) is 5.75 Å². The van der Waals surface area contributed by atoms with Gasteiger partial charge in [0.25, 0.3) is 10.7 Å². The van der Waals surface area contributed by atoms with Gasteiger partial charge in [-0.05, 0) is 23.8 Å². The normalized spacial score (nSPS) is 11.4. The van der Waals surface area contributed by atoms with E-state index >= 15 is 0 Å². The van der Waals surface area contributed by atoms with Crippen molar-refractivity contribution in [3.05, 3.63) is 60.3 Å². The second-order valence-electron chi connectivity index (χ2n) is 5.93. The summed E-state index contributed by atoms with van der Waals surface area (Å²) in [7, 11) is 4.21. The van der Waals surface area contributed by atoms with Crippen molar-refractivity contribution >= 4 is 40.6 Å². The lowest BCUT2D eigenvalue weighted by atomic mass is 10.2. The Morgan fingerprint density at radius 1 is 1.21 bits per heavy atom. The topological polar surface area (TPSA) is 56.5 Å². The predicted molar refractivity (Wildman–Crippen MR) is 103 cm³/mol. The van der Waals surface area contributed by atoms with Crippen LogP contribution in [0.15, 0.2) is 27.8 Å². The van der Waals surface area contributed by atoms with Gasteiger partial charge in [0.2, 0.25) is 0 Å². The summed E-state index contributed by atoms with van der Waals surface area (Å²) in [6, 6.07) is 3.11. The largest absolute Gasteiger partial charge is 0.431 e. The third-order valence-corrected chi connectivity index (χ3v) is 4.76. The van der Waals surface area contributed by atoms with Gasteiger partial charge in [-0.1, -0.05) is 23.2 Å². The minimum atomic E-state index is -4.84. The average molecular weight is 456 g/mol. The van der Waals surface area contributed by atoms with E-state index in [0.717, 1.165) is 7.05 Å². The Bertz CT molecular complexity index is 1050. The molecule has 12 heteroatoms. The molecular weight excluding hydrogens is 442 g/mol. The van der Waals surface area contributed by atoms with E-state index in [1.807, 2.05) is 0 Å². The molecule has 28 heavy (non-hydrogen) atoms. The molecule has 0 N–H and O–H groups in total. The maximum atomic E-state index is 12.9. The van der Waals surface area contributed by atoms with Crippen molar-refractivity contribution in [1.82, 2.24) is 14.0 Å². The van der Waals surface area contributed by atoms with Gasteiger partial charge >= 0.3 is 11.9 Å². The summed E-state index contributed by atoms with van der Waals surface area (Å²) in [6.45, 7) is -0.409. The fraction of sp³-hybridized carbons (Fsp3) is 0.312. The van der Waals surface area contributed by atoms with Gasteiger partial charge in [0, 0.05) is 38.3 Å². The number of aromatic nitrogens is 2. The molecule has 6 nitrogen and oxygen atoms in total. The van der Waals surface area contributed by atoms with Crippen LogP contribution in [0, 0.1) is 0 Å². The molecular formula is C16H14Cl2F3N3O3S. The molecule has 0 amide bonds. The SMILES string of the molecule is CN(C)C(=S)Oc1cc(Cl)cc(Cn2c(=O)cc(C(F)(F)F)n(C)c2=O)c1Cl. The molecule has 0 unspecified atom stereocenters. The summed E-state index contributed by atoms with van der Waals surface area (Å²) in [5.74, 6) is 0.0830. The maximum absolute atomic E-state index is 12.9. The van der Waals surface area contributed by atoms with E-state index in [1.165, 1.54) is 17.0 Å². The first-order valence-corrected chi connectivity index (χ1v) is 8.74. The van der Waals surface area contributed by atoms with E-state index in [9.17, 15) is 22.8 Å². The predicted octanol–water partition coefficient (Wildman–Crippen LogP) is 3.15. The Morgan fingerprint density at radius 3 is 2.36 bits per heavy atom. The fourth-order valence-corrected chi connectivity index (χ4v) is 2.78. The summed E-state index contributed by atoms with van der Waals surface area (Å²) >= 11 is 17.3. The zero-order valence-corrected chi connectivity index (χ0v) is 17.1. The Kier molecular flexibility index (Phi) is 6.47. The van der Waals surface area contributed by atoms with E-state index in [0.29, 0.717) is 15.2 Å². The quantitative estimate of drug-likeness (QED) is 0.665. The van der Waals surface area contributed by atoms with Crippen LogP contribution >= 0.6 is 35.4 Å². The number of nitrogens with zero attached hydrogens (tertiary/aromatic N) is 3. The molecule has 1 aromatic heterocycles. The van der Waals surface area contributed by atoms with Gasteiger partial charge in [-0.15, -0.1) is 0 Å². The van der Waals surface area contributed by atoms with Crippen LogP contribution in [0.25, 0.3) is 0 Å². The summed E-state index contributed by atoms with van der Waals surface area (Å²) in [5.41, 5.74) is -3.43.